The van der Waals surface area contributed by atoms with Gasteiger partial charge in [-0.3, -0.25) is 14.6 Å². The lowest BCUT2D eigenvalue weighted by molar-refractivity contribution is 0.0696. The van der Waals surface area contributed by atoms with Gasteiger partial charge in [0.2, 0.25) is 0 Å². The number of aromatic nitrogens is 2. The summed E-state index contributed by atoms with van der Waals surface area (Å²) in [5.74, 6) is 0.104. The fourth-order valence-corrected chi connectivity index (χ4v) is 4.16. The van der Waals surface area contributed by atoms with Crippen LogP contribution >= 0.6 is 0 Å². The molecule has 2 amide bonds. The minimum absolute atomic E-state index is 0.0630. The normalized spacial score (nSPS) is 16.8. The van der Waals surface area contributed by atoms with Crippen LogP contribution in [0, 0.1) is 6.92 Å². The lowest BCUT2D eigenvalue weighted by Gasteiger charge is -2.32. The quantitative estimate of drug-likeness (QED) is 0.746. The molecule has 6 nitrogen and oxygen atoms in total. The third kappa shape index (κ3) is 3.62. The van der Waals surface area contributed by atoms with Crippen molar-refractivity contribution in [3.05, 3.63) is 65.1 Å². The zero-order chi connectivity index (χ0) is 20.5. The van der Waals surface area contributed by atoms with Crippen molar-refractivity contribution in [1.29, 1.82) is 0 Å². The van der Waals surface area contributed by atoms with E-state index in [1.54, 1.807) is 19.3 Å². The van der Waals surface area contributed by atoms with E-state index < -0.39 is 0 Å². The van der Waals surface area contributed by atoms with Gasteiger partial charge in [0, 0.05) is 55.9 Å². The van der Waals surface area contributed by atoms with E-state index in [2.05, 4.69) is 35.4 Å². The van der Waals surface area contributed by atoms with Crippen molar-refractivity contribution in [3.63, 3.8) is 0 Å². The molecule has 1 atom stereocenters. The molecule has 150 valence electrons. The summed E-state index contributed by atoms with van der Waals surface area (Å²) in [5, 5.41) is 3.70. The Morgan fingerprint density at radius 1 is 1.17 bits per heavy atom. The molecule has 0 radical (unpaired) electrons. The molecular weight excluding hydrogens is 364 g/mol. The Hall–Kier alpha value is -3.15. The first-order valence-corrected chi connectivity index (χ1v) is 10.0. The monoisotopic (exact) mass is 390 g/mol. The van der Waals surface area contributed by atoms with E-state index in [4.69, 9.17) is 0 Å². The lowest BCUT2D eigenvalue weighted by Crippen LogP contribution is -2.40. The molecule has 1 fully saturated rings. The Kier molecular flexibility index (Phi) is 5.09. The molecule has 1 N–H and O–H groups in total. The fraction of sp³-hybridized carbons (Fsp3) is 0.348. The number of nitrogens with one attached hydrogen (secondary N) is 1. The van der Waals surface area contributed by atoms with Gasteiger partial charge in [-0.2, -0.15) is 0 Å². The molecule has 6 heteroatoms. The van der Waals surface area contributed by atoms with E-state index in [1.807, 2.05) is 28.6 Å². The summed E-state index contributed by atoms with van der Waals surface area (Å²) in [6.45, 7) is 3.46. The van der Waals surface area contributed by atoms with E-state index in [1.165, 1.54) is 5.56 Å². The first-order chi connectivity index (χ1) is 14.0. The summed E-state index contributed by atoms with van der Waals surface area (Å²) in [6.07, 6.45) is 3.55. The highest BCUT2D eigenvalue weighted by atomic mass is 16.2. The summed E-state index contributed by atoms with van der Waals surface area (Å²) in [4.78, 5) is 31.4. The minimum atomic E-state index is -0.143. The molecule has 0 aliphatic carbocycles. The molecule has 1 saturated heterocycles. The molecule has 0 spiro atoms. The maximum atomic E-state index is 13.3. The van der Waals surface area contributed by atoms with Gasteiger partial charge in [0.1, 0.15) is 5.69 Å². The number of amides is 2. The largest absolute Gasteiger partial charge is 0.355 e. The Morgan fingerprint density at radius 3 is 2.72 bits per heavy atom. The van der Waals surface area contributed by atoms with Gasteiger partial charge in [-0.25, -0.2) is 0 Å². The molecule has 4 rings (SSSR count). The molecule has 2 aromatic heterocycles. The predicted molar refractivity (Wildman–Crippen MR) is 113 cm³/mol. The average molecular weight is 390 g/mol. The van der Waals surface area contributed by atoms with Crippen LogP contribution in [-0.4, -0.2) is 46.4 Å². The summed E-state index contributed by atoms with van der Waals surface area (Å²) in [6, 6.07) is 11.9. The first-order valence-electron chi connectivity index (χ1n) is 10.0. The van der Waals surface area contributed by atoms with Crippen LogP contribution in [0.25, 0.3) is 10.9 Å². The van der Waals surface area contributed by atoms with Crippen molar-refractivity contribution < 1.29 is 9.59 Å². The van der Waals surface area contributed by atoms with Gasteiger partial charge in [-0.15, -0.1) is 0 Å². The van der Waals surface area contributed by atoms with Crippen molar-refractivity contribution in [3.8, 4) is 0 Å². The third-order valence-corrected chi connectivity index (χ3v) is 5.82. The molecule has 3 heterocycles. The molecule has 3 aromatic rings. The second-order valence-electron chi connectivity index (χ2n) is 7.79. The van der Waals surface area contributed by atoms with Crippen LogP contribution in [0.2, 0.25) is 0 Å². The zero-order valence-electron chi connectivity index (χ0n) is 17.1. The smallest absolute Gasteiger partial charge is 0.270 e. The summed E-state index contributed by atoms with van der Waals surface area (Å²) >= 11 is 0. The van der Waals surface area contributed by atoms with Gasteiger partial charge in [0.05, 0.1) is 5.56 Å². The summed E-state index contributed by atoms with van der Waals surface area (Å²) < 4.78 is 1.98. The number of carbonyl (C=O) groups excluding carboxylic acids is 2. The number of nitrogens with zero attached hydrogens (tertiary/aromatic N) is 3. The Morgan fingerprint density at radius 2 is 2.00 bits per heavy atom. The zero-order valence-corrected chi connectivity index (χ0v) is 17.1. The van der Waals surface area contributed by atoms with Crippen LogP contribution in [0.15, 0.2) is 42.6 Å². The maximum absolute atomic E-state index is 13.3. The van der Waals surface area contributed by atoms with Crippen LogP contribution in [0.1, 0.15) is 50.9 Å². The molecule has 1 aliphatic heterocycles. The molecule has 0 unspecified atom stereocenters. The van der Waals surface area contributed by atoms with Crippen molar-refractivity contribution in [2.75, 3.05) is 20.1 Å². The van der Waals surface area contributed by atoms with Crippen molar-refractivity contribution in [1.82, 2.24) is 19.8 Å². The highest BCUT2D eigenvalue weighted by Gasteiger charge is 2.28. The number of hydrogen-bond donors (Lipinski definition) is 1. The number of aryl methyl sites for hydroxylation is 2. The van der Waals surface area contributed by atoms with Gasteiger partial charge in [0.25, 0.3) is 11.8 Å². The van der Waals surface area contributed by atoms with Crippen LogP contribution in [-0.2, 0) is 7.05 Å². The van der Waals surface area contributed by atoms with E-state index in [0.717, 1.165) is 36.0 Å². The van der Waals surface area contributed by atoms with E-state index >= 15 is 0 Å². The second-order valence-corrected chi connectivity index (χ2v) is 7.79. The summed E-state index contributed by atoms with van der Waals surface area (Å²) in [5.41, 5.74) is 4.45. The highest BCUT2D eigenvalue weighted by molar-refractivity contribution is 5.99. The van der Waals surface area contributed by atoms with Crippen LogP contribution in [0.5, 0.6) is 0 Å². The van der Waals surface area contributed by atoms with Crippen LogP contribution in [0.4, 0.5) is 0 Å². The summed E-state index contributed by atoms with van der Waals surface area (Å²) in [7, 11) is 3.56. The Balaban J connectivity index is 1.54. The van der Waals surface area contributed by atoms with Crippen LogP contribution in [0.3, 0.4) is 0 Å². The molecular formula is C23H26N4O2. The van der Waals surface area contributed by atoms with Crippen LogP contribution < -0.4 is 5.32 Å². The molecule has 0 saturated carbocycles. The van der Waals surface area contributed by atoms with Gasteiger partial charge < -0.3 is 14.8 Å². The molecule has 1 aromatic carbocycles. The fourth-order valence-electron chi connectivity index (χ4n) is 4.16. The van der Waals surface area contributed by atoms with Crippen molar-refractivity contribution in [2.24, 2.45) is 7.05 Å². The van der Waals surface area contributed by atoms with Gasteiger partial charge in [-0.05, 0) is 50.1 Å². The Labute approximate surface area is 170 Å². The standard InChI is InChI=1S/C23H26N4O2/c1-15-6-9-20-18(11-15)12-21(26(20)3)23(29)27-10-4-5-17(14-27)19-8-7-16(13-25-19)22(28)24-2/h6-9,11-13,17H,4-5,10,14H2,1-3H3,(H,24,28)/t17-/m1/s1. The number of piperidine rings is 1. The first kappa shape index (κ1) is 19.2. The van der Waals surface area contributed by atoms with Gasteiger partial charge in [0.15, 0.2) is 0 Å². The van der Waals surface area contributed by atoms with Crippen molar-refractivity contribution >= 4 is 22.7 Å². The number of benzene rings is 1. The van der Waals surface area contributed by atoms with Gasteiger partial charge in [-0.1, -0.05) is 11.6 Å². The maximum Gasteiger partial charge on any atom is 0.270 e. The topological polar surface area (TPSA) is 67.2 Å². The van der Waals surface area contributed by atoms with Gasteiger partial charge >= 0.3 is 0 Å². The van der Waals surface area contributed by atoms with E-state index in [0.29, 0.717) is 17.8 Å². The predicted octanol–water partition coefficient (Wildman–Crippen LogP) is 3.26. The molecule has 1 aliphatic rings. The third-order valence-electron chi connectivity index (χ3n) is 5.82. The van der Waals surface area contributed by atoms with E-state index in [-0.39, 0.29) is 17.7 Å². The lowest BCUT2D eigenvalue weighted by atomic mass is 9.93. The number of fused-ring (bicyclic) bond motifs is 1. The number of carbonyl (C=O) groups is 2. The minimum Gasteiger partial charge on any atom is -0.355 e. The number of rotatable bonds is 3. The molecule has 29 heavy (non-hydrogen) atoms. The average Bonchev–Trinajstić information content (AvgIpc) is 3.08. The highest BCUT2D eigenvalue weighted by Crippen LogP contribution is 2.28. The SMILES string of the molecule is CNC(=O)c1ccc([C@@H]2CCCN(C(=O)c3cc4cc(C)ccc4n3C)C2)nc1. The van der Waals surface area contributed by atoms with Crippen molar-refractivity contribution in [2.45, 2.75) is 25.7 Å². The number of hydrogen-bond acceptors (Lipinski definition) is 3. The number of likely N-dealkylation sites (tertiary alicyclic amines) is 1. The Bertz CT molecular complexity index is 1070. The second kappa shape index (κ2) is 7.70. The number of pyridine rings is 1. The van der Waals surface area contributed by atoms with E-state index in [9.17, 15) is 9.59 Å². The molecule has 0 bridgehead atoms.